The number of rotatable bonds is 5. The molecule has 1 saturated heterocycles. The Morgan fingerprint density at radius 1 is 1.19 bits per heavy atom. The molecular weight excluding hydrogens is 268 g/mol. The molecule has 114 valence electrons. The highest BCUT2D eigenvalue weighted by molar-refractivity contribution is 5.17. The summed E-state index contributed by atoms with van der Waals surface area (Å²) < 4.78 is 23.5. The predicted molar refractivity (Wildman–Crippen MR) is 78.7 cm³/mol. The monoisotopic (exact) mass is 290 g/mol. The van der Waals surface area contributed by atoms with E-state index in [0.717, 1.165) is 25.0 Å². The Hall–Kier alpha value is -1.36. The first-order valence-corrected chi connectivity index (χ1v) is 7.64. The number of unbranched alkanes of at least 4 members (excludes halogenated alkanes) is 1. The molecule has 0 bridgehead atoms. The third-order valence-electron chi connectivity index (χ3n) is 3.78. The van der Waals surface area contributed by atoms with E-state index >= 15 is 0 Å². The second-order valence-electron chi connectivity index (χ2n) is 5.37. The van der Waals surface area contributed by atoms with Crippen molar-refractivity contribution in [3.8, 4) is 0 Å². The van der Waals surface area contributed by atoms with Crippen molar-refractivity contribution < 1.29 is 18.9 Å². The highest BCUT2D eigenvalue weighted by atomic mass is 16.7. The highest BCUT2D eigenvalue weighted by Gasteiger charge is 2.42. The van der Waals surface area contributed by atoms with Gasteiger partial charge < -0.3 is 18.9 Å². The van der Waals surface area contributed by atoms with E-state index in [2.05, 4.69) is 6.92 Å². The molecule has 0 saturated carbocycles. The summed E-state index contributed by atoms with van der Waals surface area (Å²) in [5.74, 6) is 0. The van der Waals surface area contributed by atoms with Gasteiger partial charge in [0.2, 0.25) is 0 Å². The minimum absolute atomic E-state index is 0.0923. The van der Waals surface area contributed by atoms with Crippen LogP contribution in [0.15, 0.2) is 42.7 Å². The lowest BCUT2D eigenvalue weighted by molar-refractivity contribution is -0.109. The molecule has 4 heteroatoms. The first-order valence-electron chi connectivity index (χ1n) is 7.64. The van der Waals surface area contributed by atoms with Gasteiger partial charge in [0, 0.05) is 12.2 Å². The minimum Gasteiger partial charge on any atom is -0.499 e. The number of hydrogen-bond acceptors (Lipinski definition) is 4. The summed E-state index contributed by atoms with van der Waals surface area (Å²) in [6, 6.07) is 10.0. The second kappa shape index (κ2) is 7.07. The average molecular weight is 290 g/mol. The maximum absolute atomic E-state index is 6.10. The van der Waals surface area contributed by atoms with Crippen LogP contribution in [0.2, 0.25) is 0 Å². The number of hydrogen-bond donors (Lipinski definition) is 0. The topological polar surface area (TPSA) is 36.9 Å². The zero-order valence-corrected chi connectivity index (χ0v) is 12.3. The third kappa shape index (κ3) is 3.46. The fourth-order valence-corrected chi connectivity index (χ4v) is 2.59. The summed E-state index contributed by atoms with van der Waals surface area (Å²) in [7, 11) is 0. The average Bonchev–Trinajstić information content (AvgIpc) is 2.86. The van der Waals surface area contributed by atoms with Crippen molar-refractivity contribution in [2.24, 2.45) is 0 Å². The van der Waals surface area contributed by atoms with Crippen molar-refractivity contribution >= 4 is 0 Å². The molecule has 4 atom stereocenters. The molecule has 2 aliphatic heterocycles. The van der Waals surface area contributed by atoms with Gasteiger partial charge in [-0.3, -0.25) is 0 Å². The summed E-state index contributed by atoms with van der Waals surface area (Å²) in [5, 5.41) is 0. The van der Waals surface area contributed by atoms with Gasteiger partial charge in [0.05, 0.1) is 6.26 Å². The Bertz CT molecular complexity index is 459. The molecule has 1 aromatic carbocycles. The van der Waals surface area contributed by atoms with E-state index in [4.69, 9.17) is 18.9 Å². The SMILES string of the molecule is CCCCO[C@@H]1COC=CC2OC(c3ccccc3)O[C@@H]21. The smallest absolute Gasteiger partial charge is 0.185 e. The molecule has 2 unspecified atom stereocenters. The van der Waals surface area contributed by atoms with Gasteiger partial charge in [-0.25, -0.2) is 0 Å². The molecule has 0 radical (unpaired) electrons. The molecule has 2 aliphatic rings. The largest absolute Gasteiger partial charge is 0.499 e. The van der Waals surface area contributed by atoms with E-state index in [1.54, 1.807) is 6.26 Å². The molecule has 0 aromatic heterocycles. The molecule has 0 amide bonds. The number of benzene rings is 1. The number of fused-ring (bicyclic) bond motifs is 1. The van der Waals surface area contributed by atoms with Gasteiger partial charge in [0.15, 0.2) is 6.29 Å². The lowest BCUT2D eigenvalue weighted by Crippen LogP contribution is -2.38. The van der Waals surface area contributed by atoms with Gasteiger partial charge in [-0.1, -0.05) is 43.7 Å². The van der Waals surface area contributed by atoms with Crippen LogP contribution in [0.5, 0.6) is 0 Å². The molecule has 1 fully saturated rings. The molecule has 4 nitrogen and oxygen atoms in total. The van der Waals surface area contributed by atoms with Crippen molar-refractivity contribution in [2.75, 3.05) is 13.2 Å². The van der Waals surface area contributed by atoms with Crippen LogP contribution in [-0.2, 0) is 18.9 Å². The summed E-state index contributed by atoms with van der Waals surface area (Å²) in [6.07, 6.45) is 5.10. The quantitative estimate of drug-likeness (QED) is 0.780. The maximum atomic E-state index is 6.10. The lowest BCUT2D eigenvalue weighted by Gasteiger charge is -2.23. The van der Waals surface area contributed by atoms with Crippen LogP contribution in [0.4, 0.5) is 0 Å². The Morgan fingerprint density at radius 2 is 2.05 bits per heavy atom. The molecule has 3 rings (SSSR count). The van der Waals surface area contributed by atoms with Crippen LogP contribution < -0.4 is 0 Å². The fourth-order valence-electron chi connectivity index (χ4n) is 2.59. The van der Waals surface area contributed by atoms with Crippen LogP contribution in [0.1, 0.15) is 31.6 Å². The molecule has 0 aliphatic carbocycles. The van der Waals surface area contributed by atoms with Gasteiger partial charge >= 0.3 is 0 Å². The van der Waals surface area contributed by atoms with E-state index in [9.17, 15) is 0 Å². The lowest BCUT2D eigenvalue weighted by atomic mass is 10.1. The van der Waals surface area contributed by atoms with E-state index < -0.39 is 0 Å². The van der Waals surface area contributed by atoms with Crippen molar-refractivity contribution in [3.63, 3.8) is 0 Å². The zero-order valence-electron chi connectivity index (χ0n) is 12.3. The normalized spacial score (nSPS) is 31.5. The summed E-state index contributed by atoms with van der Waals surface area (Å²) >= 11 is 0. The predicted octanol–water partition coefficient (Wildman–Crippen LogP) is 3.20. The van der Waals surface area contributed by atoms with Gasteiger partial charge in [0.25, 0.3) is 0 Å². The first kappa shape index (κ1) is 14.6. The molecular formula is C17H22O4. The van der Waals surface area contributed by atoms with Crippen molar-refractivity contribution in [2.45, 2.75) is 44.4 Å². The molecule has 2 heterocycles. The molecule has 0 spiro atoms. The van der Waals surface area contributed by atoms with Crippen LogP contribution in [-0.4, -0.2) is 31.5 Å². The molecule has 21 heavy (non-hydrogen) atoms. The van der Waals surface area contributed by atoms with Gasteiger partial charge in [-0.05, 0) is 12.5 Å². The fraction of sp³-hybridized carbons (Fsp3) is 0.529. The summed E-state index contributed by atoms with van der Waals surface area (Å²) in [6.45, 7) is 3.39. The van der Waals surface area contributed by atoms with Crippen LogP contribution >= 0.6 is 0 Å². The summed E-state index contributed by atoms with van der Waals surface area (Å²) in [4.78, 5) is 0. The highest BCUT2D eigenvalue weighted by Crippen LogP contribution is 2.35. The molecule has 0 N–H and O–H groups in total. The maximum Gasteiger partial charge on any atom is 0.185 e. The van der Waals surface area contributed by atoms with Crippen LogP contribution in [0.3, 0.4) is 0 Å². The van der Waals surface area contributed by atoms with Crippen molar-refractivity contribution in [1.82, 2.24) is 0 Å². The van der Waals surface area contributed by atoms with Crippen LogP contribution in [0, 0.1) is 0 Å². The van der Waals surface area contributed by atoms with E-state index in [1.807, 2.05) is 36.4 Å². The second-order valence-corrected chi connectivity index (χ2v) is 5.37. The Morgan fingerprint density at radius 3 is 2.86 bits per heavy atom. The summed E-state index contributed by atoms with van der Waals surface area (Å²) in [5.41, 5.74) is 1.03. The Labute approximate surface area is 125 Å². The first-order chi connectivity index (χ1) is 10.4. The Kier molecular flexibility index (Phi) is 4.91. The van der Waals surface area contributed by atoms with Crippen molar-refractivity contribution in [1.29, 1.82) is 0 Å². The standard InChI is InChI=1S/C17H22O4/c1-2-3-10-19-15-12-18-11-9-14-16(15)21-17(20-14)13-7-5-4-6-8-13/h4-9,11,14-17H,2-3,10,12H2,1H3/t14?,15-,16+,17?/m1/s1. The van der Waals surface area contributed by atoms with Crippen molar-refractivity contribution in [3.05, 3.63) is 48.2 Å². The van der Waals surface area contributed by atoms with E-state index in [-0.39, 0.29) is 24.6 Å². The van der Waals surface area contributed by atoms with E-state index in [0.29, 0.717) is 6.61 Å². The van der Waals surface area contributed by atoms with Gasteiger partial charge in [-0.15, -0.1) is 0 Å². The number of ether oxygens (including phenoxy) is 4. The van der Waals surface area contributed by atoms with Gasteiger partial charge in [0.1, 0.15) is 24.9 Å². The van der Waals surface area contributed by atoms with E-state index in [1.165, 1.54) is 0 Å². The Balaban J connectivity index is 1.68. The minimum atomic E-state index is -0.332. The molecule has 1 aromatic rings. The third-order valence-corrected chi connectivity index (χ3v) is 3.78. The van der Waals surface area contributed by atoms with Crippen LogP contribution in [0.25, 0.3) is 0 Å². The van der Waals surface area contributed by atoms with Gasteiger partial charge in [-0.2, -0.15) is 0 Å². The zero-order chi connectivity index (χ0) is 14.5.